The topological polar surface area (TPSA) is 70.8 Å². The summed E-state index contributed by atoms with van der Waals surface area (Å²) in [4.78, 5) is 35.4. The molecule has 28 heavy (non-hydrogen) atoms. The van der Waals surface area contributed by atoms with Crippen LogP contribution in [0.2, 0.25) is 0 Å². The van der Waals surface area contributed by atoms with Crippen molar-refractivity contribution < 1.29 is 18.0 Å². The minimum absolute atomic E-state index is 0.0981. The molecule has 1 aliphatic rings. The maximum Gasteiger partial charge on any atom is 0.433 e. The second-order valence-corrected chi connectivity index (χ2v) is 6.25. The van der Waals surface area contributed by atoms with E-state index in [2.05, 4.69) is 9.97 Å². The molecule has 3 aromatic heterocycles. The molecule has 0 radical (unpaired) electrons. The van der Waals surface area contributed by atoms with Crippen molar-refractivity contribution in [3.8, 4) is 0 Å². The van der Waals surface area contributed by atoms with Crippen molar-refractivity contribution in [2.45, 2.75) is 6.18 Å². The monoisotopic (exact) mass is 389 g/mol. The first-order valence-electron chi connectivity index (χ1n) is 8.40. The number of rotatable bonds is 2. The lowest BCUT2D eigenvalue weighted by molar-refractivity contribution is -0.141. The number of piperazine rings is 1. The summed E-state index contributed by atoms with van der Waals surface area (Å²) >= 11 is 0. The Morgan fingerprint density at radius 3 is 2.61 bits per heavy atom. The molecular formula is C18H14F3N5O2. The molecule has 0 unspecified atom stereocenters. The molecule has 0 spiro atoms. The number of halogens is 3. The second kappa shape index (κ2) is 6.63. The highest BCUT2D eigenvalue weighted by atomic mass is 19.4. The third kappa shape index (κ3) is 3.28. The molecule has 1 amide bonds. The Bertz CT molecular complexity index is 1110. The molecule has 0 aliphatic carbocycles. The zero-order chi connectivity index (χ0) is 19.9. The fourth-order valence-corrected chi connectivity index (χ4v) is 3.09. The zero-order valence-electron chi connectivity index (χ0n) is 14.4. The number of aromatic nitrogens is 3. The van der Waals surface area contributed by atoms with Gasteiger partial charge in [0.15, 0.2) is 0 Å². The maximum absolute atomic E-state index is 12.9. The summed E-state index contributed by atoms with van der Waals surface area (Å²) in [5.41, 5.74) is -0.744. The van der Waals surface area contributed by atoms with Crippen molar-refractivity contribution in [2.24, 2.45) is 0 Å². The smallest absolute Gasteiger partial charge is 0.345 e. The Labute approximate surface area is 156 Å². The summed E-state index contributed by atoms with van der Waals surface area (Å²) in [5, 5.41) is 0. The lowest BCUT2D eigenvalue weighted by Gasteiger charge is -2.35. The number of amides is 1. The van der Waals surface area contributed by atoms with Gasteiger partial charge >= 0.3 is 6.18 Å². The number of carbonyl (C=O) groups excluding carboxylic acids is 1. The van der Waals surface area contributed by atoms with Crippen LogP contribution in [0.1, 0.15) is 5.69 Å². The summed E-state index contributed by atoms with van der Waals surface area (Å²) in [6.07, 6.45) is -1.96. The van der Waals surface area contributed by atoms with E-state index in [-0.39, 0.29) is 30.2 Å². The van der Waals surface area contributed by atoms with Crippen molar-refractivity contribution in [1.29, 1.82) is 0 Å². The SMILES string of the molecule is O=C1CN(c2cc(=O)n3ccccc3n2)CCN1c1ccnc(C(F)(F)F)c1. The first kappa shape index (κ1) is 18.0. The normalized spacial score (nSPS) is 15.3. The molecule has 10 heteroatoms. The molecule has 0 aromatic carbocycles. The number of nitrogens with zero attached hydrogens (tertiary/aromatic N) is 5. The second-order valence-electron chi connectivity index (χ2n) is 6.25. The molecule has 1 saturated heterocycles. The number of pyridine rings is 2. The van der Waals surface area contributed by atoms with E-state index in [1.807, 2.05) is 0 Å². The molecule has 0 N–H and O–H groups in total. The molecule has 0 bridgehead atoms. The Balaban J connectivity index is 1.58. The number of alkyl halides is 3. The highest BCUT2D eigenvalue weighted by Gasteiger charge is 2.34. The Hall–Kier alpha value is -3.43. The van der Waals surface area contributed by atoms with Gasteiger partial charge in [-0.2, -0.15) is 13.2 Å². The number of hydrogen-bond donors (Lipinski definition) is 0. The van der Waals surface area contributed by atoms with Crippen LogP contribution in [-0.4, -0.2) is 39.9 Å². The van der Waals surface area contributed by atoms with Crippen LogP contribution in [0, 0.1) is 0 Å². The number of anilines is 2. The Morgan fingerprint density at radius 2 is 1.86 bits per heavy atom. The summed E-state index contributed by atoms with van der Waals surface area (Å²) in [5.74, 6) is -0.0319. The molecule has 3 aromatic rings. The van der Waals surface area contributed by atoms with Gasteiger partial charge in [0.2, 0.25) is 5.91 Å². The van der Waals surface area contributed by atoms with Gasteiger partial charge in [-0.05, 0) is 24.3 Å². The highest BCUT2D eigenvalue weighted by molar-refractivity contribution is 5.97. The van der Waals surface area contributed by atoms with Gasteiger partial charge in [0.05, 0.1) is 6.54 Å². The fraction of sp³-hybridized carbons (Fsp3) is 0.222. The van der Waals surface area contributed by atoms with Crippen molar-refractivity contribution >= 4 is 23.1 Å². The van der Waals surface area contributed by atoms with Crippen LogP contribution >= 0.6 is 0 Å². The summed E-state index contributed by atoms with van der Waals surface area (Å²) < 4.78 is 40.0. The Morgan fingerprint density at radius 1 is 1.04 bits per heavy atom. The lowest BCUT2D eigenvalue weighted by atomic mass is 10.2. The average molecular weight is 389 g/mol. The van der Waals surface area contributed by atoms with Crippen LogP contribution in [0.15, 0.2) is 53.6 Å². The maximum atomic E-state index is 12.9. The van der Waals surface area contributed by atoms with Crippen LogP contribution in [0.5, 0.6) is 0 Å². The molecule has 1 fully saturated rings. The van der Waals surface area contributed by atoms with Gasteiger partial charge in [0.1, 0.15) is 17.2 Å². The van der Waals surface area contributed by atoms with E-state index < -0.39 is 11.9 Å². The van der Waals surface area contributed by atoms with E-state index in [0.717, 1.165) is 12.3 Å². The van der Waals surface area contributed by atoms with Crippen LogP contribution in [0.4, 0.5) is 24.7 Å². The number of fused-ring (bicyclic) bond motifs is 1. The van der Waals surface area contributed by atoms with Crippen molar-refractivity contribution in [3.05, 3.63) is 64.8 Å². The van der Waals surface area contributed by atoms with E-state index in [1.165, 1.54) is 21.4 Å². The van der Waals surface area contributed by atoms with E-state index in [1.54, 1.807) is 29.3 Å². The molecule has 144 valence electrons. The van der Waals surface area contributed by atoms with Gasteiger partial charge in [0.25, 0.3) is 5.56 Å². The third-order valence-corrected chi connectivity index (χ3v) is 4.45. The summed E-state index contributed by atoms with van der Waals surface area (Å²) in [6, 6.07) is 8.69. The molecule has 0 atom stereocenters. The largest absolute Gasteiger partial charge is 0.433 e. The van der Waals surface area contributed by atoms with E-state index in [0.29, 0.717) is 18.0 Å². The molecule has 1 aliphatic heterocycles. The van der Waals surface area contributed by atoms with E-state index in [4.69, 9.17) is 0 Å². The third-order valence-electron chi connectivity index (χ3n) is 4.45. The molecule has 7 nitrogen and oxygen atoms in total. The minimum Gasteiger partial charge on any atom is -0.345 e. The molecular weight excluding hydrogens is 375 g/mol. The van der Waals surface area contributed by atoms with Gasteiger partial charge in [-0.15, -0.1) is 0 Å². The quantitative estimate of drug-likeness (QED) is 0.670. The zero-order valence-corrected chi connectivity index (χ0v) is 14.4. The van der Waals surface area contributed by atoms with E-state index in [9.17, 15) is 22.8 Å². The highest BCUT2D eigenvalue weighted by Crippen LogP contribution is 2.30. The lowest BCUT2D eigenvalue weighted by Crippen LogP contribution is -2.51. The van der Waals surface area contributed by atoms with Gasteiger partial charge in [-0.1, -0.05) is 6.07 Å². The van der Waals surface area contributed by atoms with Gasteiger partial charge < -0.3 is 9.80 Å². The van der Waals surface area contributed by atoms with Crippen molar-refractivity contribution in [2.75, 3.05) is 29.4 Å². The van der Waals surface area contributed by atoms with E-state index >= 15 is 0 Å². The summed E-state index contributed by atoms with van der Waals surface area (Å²) in [7, 11) is 0. The Kier molecular flexibility index (Phi) is 4.25. The standard InChI is InChI=1S/C18H14F3N5O2/c19-18(20,21)13-9-12(4-5-22-13)25-8-7-24(11-17(25)28)15-10-16(27)26-6-2-1-3-14(26)23-15/h1-6,9-10H,7-8,11H2. The van der Waals surface area contributed by atoms with Gasteiger partial charge in [0, 0.05) is 37.2 Å². The van der Waals surface area contributed by atoms with Crippen LogP contribution in [0.25, 0.3) is 5.65 Å². The molecule has 4 rings (SSSR count). The van der Waals surface area contributed by atoms with Crippen LogP contribution in [-0.2, 0) is 11.0 Å². The summed E-state index contributed by atoms with van der Waals surface area (Å²) in [6.45, 7) is 0.389. The van der Waals surface area contributed by atoms with Crippen LogP contribution < -0.4 is 15.4 Å². The predicted octanol–water partition coefficient (Wildman–Crippen LogP) is 1.96. The first-order valence-corrected chi connectivity index (χ1v) is 8.40. The minimum atomic E-state index is -4.59. The average Bonchev–Trinajstić information content (AvgIpc) is 2.67. The van der Waals surface area contributed by atoms with Gasteiger partial charge in [-0.3, -0.25) is 19.0 Å². The van der Waals surface area contributed by atoms with Crippen molar-refractivity contribution in [1.82, 2.24) is 14.4 Å². The van der Waals surface area contributed by atoms with Gasteiger partial charge in [-0.25, -0.2) is 4.98 Å². The fourth-order valence-electron chi connectivity index (χ4n) is 3.09. The molecule has 0 saturated carbocycles. The van der Waals surface area contributed by atoms with Crippen LogP contribution in [0.3, 0.4) is 0 Å². The molecule has 4 heterocycles. The number of carbonyl (C=O) groups is 1. The first-order chi connectivity index (χ1) is 13.3. The number of hydrogen-bond acceptors (Lipinski definition) is 5. The predicted molar refractivity (Wildman–Crippen MR) is 95.3 cm³/mol. The van der Waals surface area contributed by atoms with Crippen molar-refractivity contribution in [3.63, 3.8) is 0 Å².